The highest BCUT2D eigenvalue weighted by atomic mass is 35.5. The fourth-order valence-corrected chi connectivity index (χ4v) is 2.55. The molecule has 1 aromatic carbocycles. The van der Waals surface area contributed by atoms with Crippen LogP contribution >= 0.6 is 34.8 Å². The molecule has 2 aromatic rings. The Morgan fingerprint density at radius 1 is 1.27 bits per heavy atom. The molecule has 0 spiro atoms. The van der Waals surface area contributed by atoms with Gasteiger partial charge in [0.15, 0.2) is 0 Å². The van der Waals surface area contributed by atoms with Gasteiger partial charge in [0.05, 0.1) is 27.0 Å². The Morgan fingerprint density at radius 3 is 2.64 bits per heavy atom. The van der Waals surface area contributed by atoms with Gasteiger partial charge >= 0.3 is 0 Å². The third kappa shape index (κ3) is 3.49. The normalized spacial score (nSPS) is 10.8. The van der Waals surface area contributed by atoms with Crippen molar-refractivity contribution < 1.29 is 0 Å². The predicted molar refractivity (Wildman–Crippen MR) is 91.3 cm³/mol. The van der Waals surface area contributed by atoms with Gasteiger partial charge in [-0.3, -0.25) is 0 Å². The zero-order chi connectivity index (χ0) is 16.3. The molecule has 4 nitrogen and oxygen atoms in total. The monoisotopic (exact) mass is 356 g/mol. The van der Waals surface area contributed by atoms with Crippen LogP contribution in [0.2, 0.25) is 15.1 Å². The second-order valence-electron chi connectivity index (χ2n) is 5.23. The summed E-state index contributed by atoms with van der Waals surface area (Å²) in [6, 6.07) is 5.49. The first-order valence-corrected chi connectivity index (χ1v) is 7.95. The molecular formula is C15H15Cl3N4. The van der Waals surface area contributed by atoms with Gasteiger partial charge < -0.3 is 5.32 Å². The van der Waals surface area contributed by atoms with Crippen molar-refractivity contribution in [3.63, 3.8) is 0 Å². The molecule has 116 valence electrons. The van der Waals surface area contributed by atoms with E-state index in [-0.39, 0.29) is 5.02 Å². The van der Waals surface area contributed by atoms with Crippen molar-refractivity contribution in [2.24, 2.45) is 5.92 Å². The van der Waals surface area contributed by atoms with Gasteiger partial charge in [0.2, 0.25) is 0 Å². The average molecular weight is 358 g/mol. The molecule has 0 amide bonds. The zero-order valence-electron chi connectivity index (χ0n) is 12.2. The molecule has 0 bridgehead atoms. The van der Waals surface area contributed by atoms with Crippen LogP contribution in [0.5, 0.6) is 0 Å². The molecule has 1 aromatic heterocycles. The van der Waals surface area contributed by atoms with Crippen LogP contribution in [0, 0.1) is 17.2 Å². The summed E-state index contributed by atoms with van der Waals surface area (Å²) in [5.74, 6) is 1.16. The van der Waals surface area contributed by atoms with E-state index in [1.54, 1.807) is 16.8 Å². The number of rotatable bonds is 5. The van der Waals surface area contributed by atoms with Crippen LogP contribution in [-0.2, 0) is 0 Å². The highest BCUT2D eigenvalue weighted by Gasteiger charge is 2.17. The van der Waals surface area contributed by atoms with Crippen LogP contribution < -0.4 is 5.32 Å². The summed E-state index contributed by atoms with van der Waals surface area (Å²) < 4.78 is 1.57. The van der Waals surface area contributed by atoms with E-state index < -0.39 is 0 Å². The van der Waals surface area contributed by atoms with Crippen molar-refractivity contribution >= 4 is 40.6 Å². The predicted octanol–water partition coefficient (Wildman–Crippen LogP) is 5.16. The first kappa shape index (κ1) is 17.0. The number of aromatic nitrogens is 2. The molecular weight excluding hydrogens is 343 g/mol. The highest BCUT2D eigenvalue weighted by molar-refractivity contribution is 6.48. The van der Waals surface area contributed by atoms with Crippen molar-refractivity contribution in [1.82, 2.24) is 9.78 Å². The summed E-state index contributed by atoms with van der Waals surface area (Å²) in [7, 11) is 0. The number of anilines is 1. The number of nitrogens with zero attached hydrogens (tertiary/aromatic N) is 3. The van der Waals surface area contributed by atoms with Crippen LogP contribution in [0.1, 0.15) is 25.8 Å². The lowest BCUT2D eigenvalue weighted by Gasteiger charge is -2.13. The molecule has 1 heterocycles. The SMILES string of the molecule is CC(C)CCNc1c(C#N)cnn1-c1ccc(Cl)c(Cl)c1Cl. The molecule has 0 fully saturated rings. The zero-order valence-corrected chi connectivity index (χ0v) is 14.5. The van der Waals surface area contributed by atoms with E-state index >= 15 is 0 Å². The van der Waals surface area contributed by atoms with E-state index in [2.05, 4.69) is 30.3 Å². The van der Waals surface area contributed by atoms with Crippen molar-refractivity contribution in [3.8, 4) is 11.8 Å². The fourth-order valence-electron chi connectivity index (χ4n) is 1.94. The van der Waals surface area contributed by atoms with Crippen molar-refractivity contribution in [2.45, 2.75) is 20.3 Å². The first-order chi connectivity index (χ1) is 10.5. The quantitative estimate of drug-likeness (QED) is 0.752. The molecule has 2 rings (SSSR count). The Morgan fingerprint density at radius 2 is 2.00 bits per heavy atom. The second-order valence-corrected chi connectivity index (χ2v) is 6.40. The van der Waals surface area contributed by atoms with E-state index in [0.717, 1.165) is 13.0 Å². The minimum atomic E-state index is 0.267. The molecule has 0 radical (unpaired) electrons. The van der Waals surface area contributed by atoms with Crippen molar-refractivity contribution in [1.29, 1.82) is 5.26 Å². The first-order valence-electron chi connectivity index (χ1n) is 6.81. The summed E-state index contributed by atoms with van der Waals surface area (Å²) in [4.78, 5) is 0. The minimum absolute atomic E-state index is 0.267. The van der Waals surface area contributed by atoms with Gasteiger partial charge in [-0.1, -0.05) is 48.7 Å². The molecule has 0 saturated heterocycles. The lowest BCUT2D eigenvalue weighted by atomic mass is 10.1. The molecule has 0 aliphatic rings. The maximum Gasteiger partial charge on any atom is 0.147 e. The molecule has 22 heavy (non-hydrogen) atoms. The number of nitrogens with one attached hydrogen (secondary N) is 1. The Kier molecular flexibility index (Phi) is 5.57. The van der Waals surface area contributed by atoms with E-state index in [9.17, 15) is 5.26 Å². The van der Waals surface area contributed by atoms with E-state index in [0.29, 0.717) is 33.0 Å². The molecule has 1 N–H and O–H groups in total. The summed E-state index contributed by atoms with van der Waals surface area (Å²) in [6.45, 7) is 5.01. The Labute approximate surface area is 144 Å². The summed E-state index contributed by atoms with van der Waals surface area (Å²) >= 11 is 18.3. The Hall–Kier alpha value is -1.41. The number of hydrogen-bond donors (Lipinski definition) is 1. The minimum Gasteiger partial charge on any atom is -0.369 e. The lowest BCUT2D eigenvalue weighted by Crippen LogP contribution is -2.11. The van der Waals surface area contributed by atoms with E-state index in [1.165, 1.54) is 6.20 Å². The topological polar surface area (TPSA) is 53.6 Å². The van der Waals surface area contributed by atoms with Crippen LogP contribution in [0.25, 0.3) is 5.69 Å². The van der Waals surface area contributed by atoms with Crippen LogP contribution in [0.3, 0.4) is 0 Å². The van der Waals surface area contributed by atoms with Gasteiger partial charge in [-0.05, 0) is 24.5 Å². The molecule has 0 saturated carbocycles. The van der Waals surface area contributed by atoms with Crippen LogP contribution in [-0.4, -0.2) is 16.3 Å². The Balaban J connectivity index is 2.42. The third-order valence-electron chi connectivity index (χ3n) is 3.15. The van der Waals surface area contributed by atoms with Gasteiger partial charge in [-0.25, -0.2) is 4.68 Å². The van der Waals surface area contributed by atoms with E-state index in [4.69, 9.17) is 34.8 Å². The Bertz CT molecular complexity index is 716. The maximum atomic E-state index is 9.23. The average Bonchev–Trinajstić information content (AvgIpc) is 2.87. The standard InChI is InChI=1S/C15H15Cl3N4/c1-9(2)5-6-20-15-10(7-19)8-21-22(15)12-4-3-11(16)13(17)14(12)18/h3-4,8-9,20H,5-6H2,1-2H3. The summed E-state index contributed by atoms with van der Waals surface area (Å²) in [5, 5.41) is 17.6. The number of nitriles is 1. The lowest BCUT2D eigenvalue weighted by molar-refractivity contribution is 0.605. The molecule has 0 unspecified atom stereocenters. The highest BCUT2D eigenvalue weighted by Crippen LogP contribution is 2.35. The van der Waals surface area contributed by atoms with E-state index in [1.807, 2.05) is 0 Å². The largest absolute Gasteiger partial charge is 0.369 e. The van der Waals surface area contributed by atoms with Crippen molar-refractivity contribution in [2.75, 3.05) is 11.9 Å². The molecule has 0 aliphatic heterocycles. The van der Waals surface area contributed by atoms with Gasteiger partial charge in [0.1, 0.15) is 17.5 Å². The smallest absolute Gasteiger partial charge is 0.147 e. The molecule has 7 heteroatoms. The third-order valence-corrected chi connectivity index (χ3v) is 4.43. The number of halogens is 3. The number of hydrogen-bond acceptors (Lipinski definition) is 3. The number of benzene rings is 1. The van der Waals surface area contributed by atoms with Gasteiger partial charge in [0, 0.05) is 6.54 Å². The van der Waals surface area contributed by atoms with Gasteiger partial charge in [-0.15, -0.1) is 0 Å². The summed E-state index contributed by atoms with van der Waals surface area (Å²) in [6.07, 6.45) is 2.47. The molecule has 0 aliphatic carbocycles. The van der Waals surface area contributed by atoms with Crippen LogP contribution in [0.15, 0.2) is 18.3 Å². The second kappa shape index (κ2) is 7.23. The van der Waals surface area contributed by atoms with Gasteiger partial charge in [-0.2, -0.15) is 10.4 Å². The fraction of sp³-hybridized carbons (Fsp3) is 0.333. The summed E-state index contributed by atoms with van der Waals surface area (Å²) in [5.41, 5.74) is 1.02. The van der Waals surface area contributed by atoms with Gasteiger partial charge in [0.25, 0.3) is 0 Å². The maximum absolute atomic E-state index is 9.23. The molecule has 0 atom stereocenters. The van der Waals surface area contributed by atoms with Crippen molar-refractivity contribution in [3.05, 3.63) is 39.0 Å². The van der Waals surface area contributed by atoms with Crippen LogP contribution in [0.4, 0.5) is 5.82 Å².